The lowest BCUT2D eigenvalue weighted by Gasteiger charge is -2.39. The second-order valence-corrected chi connectivity index (χ2v) is 5.69. The number of oxime groups is 1. The smallest absolute Gasteiger partial charge is 0.410 e. The molecular formula is C12H23N3O3. The molecule has 104 valence electrons. The van der Waals surface area contributed by atoms with Crippen molar-refractivity contribution in [2.24, 2.45) is 16.8 Å². The number of hydrogen-bond donors (Lipinski definition) is 2. The van der Waals surface area contributed by atoms with Gasteiger partial charge in [0, 0.05) is 18.5 Å². The van der Waals surface area contributed by atoms with E-state index in [1.165, 1.54) is 0 Å². The normalized spacial score (nSPS) is 26.0. The van der Waals surface area contributed by atoms with Crippen LogP contribution in [-0.4, -0.2) is 40.2 Å². The summed E-state index contributed by atoms with van der Waals surface area (Å²) in [7, 11) is 0. The van der Waals surface area contributed by atoms with E-state index in [4.69, 9.17) is 15.7 Å². The number of carbonyl (C=O) groups excluding carboxylic acids is 1. The Bertz CT molecular complexity index is 336. The molecule has 1 aliphatic rings. The molecule has 6 nitrogen and oxygen atoms in total. The Hall–Kier alpha value is -1.46. The molecule has 1 amide bonds. The summed E-state index contributed by atoms with van der Waals surface area (Å²) in [6.07, 6.45) is 1.30. The number of piperidine rings is 1. The van der Waals surface area contributed by atoms with Crippen molar-refractivity contribution in [3.63, 3.8) is 0 Å². The quantitative estimate of drug-likeness (QED) is 0.324. The van der Waals surface area contributed by atoms with Crippen molar-refractivity contribution in [3.05, 3.63) is 0 Å². The number of ether oxygens (including phenoxy) is 1. The van der Waals surface area contributed by atoms with Crippen LogP contribution >= 0.6 is 0 Å². The summed E-state index contributed by atoms with van der Waals surface area (Å²) >= 11 is 0. The van der Waals surface area contributed by atoms with E-state index in [-0.39, 0.29) is 23.9 Å². The zero-order valence-corrected chi connectivity index (χ0v) is 11.5. The highest BCUT2D eigenvalue weighted by molar-refractivity contribution is 5.83. The summed E-state index contributed by atoms with van der Waals surface area (Å²) in [5.74, 6) is 0.0621. The molecule has 1 aliphatic heterocycles. The largest absolute Gasteiger partial charge is 0.444 e. The fourth-order valence-corrected chi connectivity index (χ4v) is 2.19. The summed E-state index contributed by atoms with van der Waals surface area (Å²) in [6, 6.07) is -0.121. The molecule has 0 aliphatic carbocycles. The first-order chi connectivity index (χ1) is 8.26. The standard InChI is InChI=1S/C12H23N3O3/c1-8-9(10(13)14-17)6-5-7-15(8)11(16)18-12(2,3)4/h8-9,17H,5-7H2,1-4H3,(H2,13,14). The van der Waals surface area contributed by atoms with E-state index >= 15 is 0 Å². The highest BCUT2D eigenvalue weighted by Crippen LogP contribution is 2.25. The van der Waals surface area contributed by atoms with E-state index in [9.17, 15) is 4.79 Å². The Kier molecular flexibility index (Phi) is 4.43. The lowest BCUT2D eigenvalue weighted by molar-refractivity contribution is 0.00789. The maximum Gasteiger partial charge on any atom is 0.410 e. The van der Waals surface area contributed by atoms with Crippen LogP contribution in [0.1, 0.15) is 40.5 Å². The predicted molar refractivity (Wildman–Crippen MR) is 68.5 cm³/mol. The first-order valence-corrected chi connectivity index (χ1v) is 6.23. The Morgan fingerprint density at radius 2 is 2.11 bits per heavy atom. The number of amidine groups is 1. The number of carbonyl (C=O) groups is 1. The van der Waals surface area contributed by atoms with Crippen LogP contribution in [0, 0.1) is 5.92 Å². The average Bonchev–Trinajstić information content (AvgIpc) is 2.26. The van der Waals surface area contributed by atoms with Gasteiger partial charge in [-0.25, -0.2) is 4.79 Å². The molecule has 2 atom stereocenters. The molecule has 0 aromatic carbocycles. The monoisotopic (exact) mass is 257 g/mol. The summed E-state index contributed by atoms with van der Waals surface area (Å²) < 4.78 is 5.35. The Labute approximate surface area is 108 Å². The van der Waals surface area contributed by atoms with Crippen LogP contribution in [0.3, 0.4) is 0 Å². The molecule has 0 aromatic heterocycles. The van der Waals surface area contributed by atoms with Gasteiger partial charge in [-0.2, -0.15) is 0 Å². The maximum absolute atomic E-state index is 12.0. The van der Waals surface area contributed by atoms with Gasteiger partial charge in [0.05, 0.1) is 0 Å². The second kappa shape index (κ2) is 5.46. The van der Waals surface area contributed by atoms with Crippen LogP contribution in [0.25, 0.3) is 0 Å². The average molecular weight is 257 g/mol. The van der Waals surface area contributed by atoms with Crippen molar-refractivity contribution in [1.29, 1.82) is 0 Å². The number of amides is 1. The molecule has 0 radical (unpaired) electrons. The number of nitrogens with zero attached hydrogens (tertiary/aromatic N) is 2. The second-order valence-electron chi connectivity index (χ2n) is 5.69. The number of nitrogens with two attached hydrogens (primary N) is 1. The first kappa shape index (κ1) is 14.6. The Morgan fingerprint density at radius 1 is 1.50 bits per heavy atom. The number of rotatable bonds is 1. The van der Waals surface area contributed by atoms with Crippen LogP contribution in [0.2, 0.25) is 0 Å². The summed E-state index contributed by atoms with van der Waals surface area (Å²) in [5, 5.41) is 11.8. The van der Waals surface area contributed by atoms with Crippen molar-refractivity contribution in [2.45, 2.75) is 52.2 Å². The minimum Gasteiger partial charge on any atom is -0.444 e. The number of hydrogen-bond acceptors (Lipinski definition) is 4. The number of likely N-dealkylation sites (tertiary alicyclic amines) is 1. The molecule has 1 heterocycles. The Balaban J connectivity index is 2.75. The van der Waals surface area contributed by atoms with Gasteiger partial charge in [0.1, 0.15) is 11.4 Å². The van der Waals surface area contributed by atoms with E-state index in [0.29, 0.717) is 6.54 Å². The van der Waals surface area contributed by atoms with Gasteiger partial charge in [0.2, 0.25) is 0 Å². The Morgan fingerprint density at radius 3 is 2.61 bits per heavy atom. The van der Waals surface area contributed by atoms with Crippen LogP contribution in [-0.2, 0) is 4.74 Å². The minimum atomic E-state index is -0.514. The summed E-state index contributed by atoms with van der Waals surface area (Å²) in [5.41, 5.74) is 5.14. The van der Waals surface area contributed by atoms with Crippen LogP contribution < -0.4 is 5.73 Å². The van der Waals surface area contributed by atoms with Gasteiger partial charge in [-0.05, 0) is 40.5 Å². The summed E-state index contributed by atoms with van der Waals surface area (Å²) in [4.78, 5) is 13.7. The predicted octanol–water partition coefficient (Wildman–Crippen LogP) is 1.77. The lowest BCUT2D eigenvalue weighted by atomic mass is 9.89. The minimum absolute atomic E-state index is 0.115. The van der Waals surface area contributed by atoms with E-state index in [0.717, 1.165) is 12.8 Å². The van der Waals surface area contributed by atoms with E-state index in [2.05, 4.69) is 5.16 Å². The SMILES string of the molecule is CC1C(/C(N)=N/O)CCCN1C(=O)OC(C)(C)C. The molecule has 0 saturated carbocycles. The molecule has 1 rings (SSSR count). The topological polar surface area (TPSA) is 88.2 Å². The van der Waals surface area contributed by atoms with Gasteiger partial charge in [-0.3, -0.25) is 0 Å². The molecule has 2 unspecified atom stereocenters. The zero-order chi connectivity index (χ0) is 13.9. The first-order valence-electron chi connectivity index (χ1n) is 6.23. The van der Waals surface area contributed by atoms with Gasteiger partial charge >= 0.3 is 6.09 Å². The third kappa shape index (κ3) is 3.51. The lowest BCUT2D eigenvalue weighted by Crippen LogP contribution is -2.51. The van der Waals surface area contributed by atoms with Crippen molar-refractivity contribution in [2.75, 3.05) is 6.54 Å². The molecule has 1 saturated heterocycles. The van der Waals surface area contributed by atoms with E-state index in [1.807, 2.05) is 27.7 Å². The van der Waals surface area contributed by atoms with E-state index < -0.39 is 5.60 Å². The molecule has 0 aromatic rings. The third-order valence-corrected chi connectivity index (χ3v) is 3.11. The third-order valence-electron chi connectivity index (χ3n) is 3.11. The van der Waals surface area contributed by atoms with Crippen LogP contribution in [0.5, 0.6) is 0 Å². The van der Waals surface area contributed by atoms with Gasteiger partial charge in [-0.1, -0.05) is 5.16 Å². The van der Waals surface area contributed by atoms with Gasteiger partial charge in [-0.15, -0.1) is 0 Å². The maximum atomic E-state index is 12.0. The molecule has 1 fully saturated rings. The molecular weight excluding hydrogens is 234 g/mol. The molecule has 0 spiro atoms. The van der Waals surface area contributed by atoms with Crippen molar-refractivity contribution in [3.8, 4) is 0 Å². The fourth-order valence-electron chi connectivity index (χ4n) is 2.19. The fraction of sp³-hybridized carbons (Fsp3) is 0.833. The highest BCUT2D eigenvalue weighted by Gasteiger charge is 2.35. The highest BCUT2D eigenvalue weighted by atomic mass is 16.6. The van der Waals surface area contributed by atoms with Crippen molar-refractivity contribution >= 4 is 11.9 Å². The van der Waals surface area contributed by atoms with Gasteiger partial charge < -0.3 is 20.6 Å². The van der Waals surface area contributed by atoms with Crippen LogP contribution in [0.4, 0.5) is 4.79 Å². The van der Waals surface area contributed by atoms with Crippen molar-refractivity contribution < 1.29 is 14.7 Å². The summed E-state index contributed by atoms with van der Waals surface area (Å²) in [6.45, 7) is 8.04. The van der Waals surface area contributed by atoms with E-state index in [1.54, 1.807) is 4.90 Å². The molecule has 3 N–H and O–H groups in total. The van der Waals surface area contributed by atoms with Crippen molar-refractivity contribution in [1.82, 2.24) is 4.90 Å². The zero-order valence-electron chi connectivity index (χ0n) is 11.5. The van der Waals surface area contributed by atoms with Crippen LogP contribution in [0.15, 0.2) is 5.16 Å². The van der Waals surface area contributed by atoms with Gasteiger partial charge in [0.25, 0.3) is 0 Å². The molecule has 18 heavy (non-hydrogen) atoms. The molecule has 6 heteroatoms. The van der Waals surface area contributed by atoms with Gasteiger partial charge in [0.15, 0.2) is 0 Å². The molecule has 0 bridgehead atoms.